The van der Waals surface area contributed by atoms with Crippen molar-refractivity contribution in [2.45, 2.75) is 53.9 Å². The van der Waals surface area contributed by atoms with Gasteiger partial charge in [0.2, 0.25) is 0 Å². The molecule has 0 amide bonds. The van der Waals surface area contributed by atoms with Crippen LogP contribution in [0.5, 0.6) is 0 Å². The van der Waals surface area contributed by atoms with Gasteiger partial charge in [-0.1, -0.05) is 46.8 Å². The number of hydrogen-bond acceptors (Lipinski definition) is 1. The van der Waals surface area contributed by atoms with E-state index in [0.717, 1.165) is 19.3 Å². The van der Waals surface area contributed by atoms with E-state index in [9.17, 15) is 4.79 Å². The van der Waals surface area contributed by atoms with Crippen LogP contribution in [0.25, 0.3) is 0 Å². The molecule has 2 rings (SSSR count). The SMILES string of the molecule is CC(C)C1CC(=O)C2CC=CCC2(C)C1C(C)C. The Kier molecular flexibility index (Phi) is 3.71. The van der Waals surface area contributed by atoms with E-state index in [2.05, 4.69) is 46.8 Å². The lowest BCUT2D eigenvalue weighted by Crippen LogP contribution is -2.52. The molecule has 0 saturated heterocycles. The molecule has 102 valence electrons. The summed E-state index contributed by atoms with van der Waals surface area (Å²) in [4.78, 5) is 12.5. The molecule has 0 radical (unpaired) electrons. The summed E-state index contributed by atoms with van der Waals surface area (Å²) in [7, 11) is 0. The standard InChI is InChI=1S/C17H28O/c1-11(2)13-10-15(18)14-8-6-7-9-17(14,5)16(13)12(3)4/h6-7,11-14,16H,8-10H2,1-5H3. The molecule has 0 bridgehead atoms. The van der Waals surface area contributed by atoms with Crippen molar-refractivity contribution in [3.05, 3.63) is 12.2 Å². The maximum atomic E-state index is 12.5. The minimum absolute atomic E-state index is 0.202. The summed E-state index contributed by atoms with van der Waals surface area (Å²) in [6.45, 7) is 11.6. The Labute approximate surface area is 112 Å². The zero-order valence-electron chi connectivity index (χ0n) is 12.6. The average molecular weight is 248 g/mol. The number of ketones is 1. The third kappa shape index (κ3) is 2.06. The van der Waals surface area contributed by atoms with Crippen LogP contribution >= 0.6 is 0 Å². The van der Waals surface area contributed by atoms with Crippen molar-refractivity contribution in [1.29, 1.82) is 0 Å². The second kappa shape index (κ2) is 4.83. The number of carbonyl (C=O) groups is 1. The van der Waals surface area contributed by atoms with Gasteiger partial charge in [0.05, 0.1) is 0 Å². The Morgan fingerprint density at radius 1 is 1.17 bits per heavy atom. The molecule has 1 saturated carbocycles. The van der Waals surface area contributed by atoms with Crippen molar-refractivity contribution < 1.29 is 4.79 Å². The van der Waals surface area contributed by atoms with E-state index < -0.39 is 0 Å². The van der Waals surface area contributed by atoms with E-state index in [1.54, 1.807) is 0 Å². The number of rotatable bonds is 2. The van der Waals surface area contributed by atoms with Crippen LogP contribution in [-0.2, 0) is 4.79 Å². The Balaban J connectivity index is 2.41. The molecule has 0 aromatic rings. The van der Waals surface area contributed by atoms with Crippen LogP contribution in [0.2, 0.25) is 0 Å². The van der Waals surface area contributed by atoms with Crippen molar-refractivity contribution in [1.82, 2.24) is 0 Å². The fraction of sp³-hybridized carbons (Fsp3) is 0.824. The highest BCUT2D eigenvalue weighted by Crippen LogP contribution is 2.56. The Morgan fingerprint density at radius 3 is 2.39 bits per heavy atom. The molecule has 2 aliphatic rings. The van der Waals surface area contributed by atoms with Crippen molar-refractivity contribution in [3.8, 4) is 0 Å². The summed E-state index contributed by atoms with van der Waals surface area (Å²) < 4.78 is 0. The Morgan fingerprint density at radius 2 is 1.83 bits per heavy atom. The van der Waals surface area contributed by atoms with Gasteiger partial charge in [-0.3, -0.25) is 4.79 Å². The molecule has 1 heteroatoms. The molecule has 0 heterocycles. The largest absolute Gasteiger partial charge is 0.299 e. The van der Waals surface area contributed by atoms with Gasteiger partial charge in [-0.25, -0.2) is 0 Å². The number of allylic oxidation sites excluding steroid dienone is 2. The summed E-state index contributed by atoms with van der Waals surface area (Å²) in [6.07, 6.45) is 7.41. The van der Waals surface area contributed by atoms with Gasteiger partial charge < -0.3 is 0 Å². The first-order chi connectivity index (χ1) is 8.38. The number of hydrogen-bond donors (Lipinski definition) is 0. The van der Waals surface area contributed by atoms with Crippen LogP contribution in [-0.4, -0.2) is 5.78 Å². The van der Waals surface area contributed by atoms with Gasteiger partial charge in [0.25, 0.3) is 0 Å². The predicted octanol–water partition coefficient (Wildman–Crippen LogP) is 4.48. The maximum Gasteiger partial charge on any atom is 0.137 e. The molecule has 0 aromatic heterocycles. The molecular weight excluding hydrogens is 220 g/mol. The van der Waals surface area contributed by atoms with E-state index in [-0.39, 0.29) is 11.3 Å². The summed E-state index contributed by atoms with van der Waals surface area (Å²) in [5.41, 5.74) is 0.202. The molecule has 4 unspecified atom stereocenters. The number of Topliss-reactive ketones (excluding diaryl/α,β-unsaturated/α-hetero) is 1. The van der Waals surface area contributed by atoms with Crippen molar-refractivity contribution in [3.63, 3.8) is 0 Å². The van der Waals surface area contributed by atoms with Crippen LogP contribution in [0.4, 0.5) is 0 Å². The van der Waals surface area contributed by atoms with Crippen molar-refractivity contribution in [2.24, 2.45) is 35.0 Å². The van der Waals surface area contributed by atoms with Gasteiger partial charge in [0.15, 0.2) is 0 Å². The van der Waals surface area contributed by atoms with Crippen LogP contribution in [0.15, 0.2) is 12.2 Å². The van der Waals surface area contributed by atoms with Crippen molar-refractivity contribution >= 4 is 5.78 Å². The maximum absolute atomic E-state index is 12.5. The minimum Gasteiger partial charge on any atom is -0.299 e. The average Bonchev–Trinajstić information content (AvgIpc) is 2.27. The quantitative estimate of drug-likeness (QED) is 0.659. The van der Waals surface area contributed by atoms with E-state index in [1.165, 1.54) is 0 Å². The normalized spacial score (nSPS) is 40.4. The summed E-state index contributed by atoms with van der Waals surface area (Å²) >= 11 is 0. The number of carbonyl (C=O) groups excluding carboxylic acids is 1. The molecule has 0 N–H and O–H groups in total. The van der Waals surface area contributed by atoms with Crippen LogP contribution in [0.1, 0.15) is 53.9 Å². The predicted molar refractivity (Wildman–Crippen MR) is 76.3 cm³/mol. The fourth-order valence-corrected chi connectivity index (χ4v) is 4.75. The van der Waals surface area contributed by atoms with Crippen LogP contribution in [0, 0.1) is 35.0 Å². The minimum atomic E-state index is 0.202. The second-order valence-corrected chi connectivity index (χ2v) is 7.32. The van der Waals surface area contributed by atoms with E-state index in [0.29, 0.717) is 29.5 Å². The summed E-state index contributed by atoms with van der Waals surface area (Å²) in [5, 5.41) is 0. The Bertz CT molecular complexity index is 353. The molecular formula is C17H28O. The van der Waals surface area contributed by atoms with Crippen LogP contribution in [0.3, 0.4) is 0 Å². The molecule has 0 aliphatic heterocycles. The van der Waals surface area contributed by atoms with Gasteiger partial charge in [-0.05, 0) is 41.9 Å². The Hall–Kier alpha value is -0.590. The monoisotopic (exact) mass is 248 g/mol. The lowest BCUT2D eigenvalue weighted by atomic mass is 9.49. The number of fused-ring (bicyclic) bond motifs is 1. The summed E-state index contributed by atoms with van der Waals surface area (Å²) in [5.74, 6) is 3.35. The molecule has 4 atom stereocenters. The molecule has 0 spiro atoms. The van der Waals surface area contributed by atoms with Gasteiger partial charge in [-0.2, -0.15) is 0 Å². The highest BCUT2D eigenvalue weighted by molar-refractivity contribution is 5.83. The first-order valence-corrected chi connectivity index (χ1v) is 7.55. The lowest BCUT2D eigenvalue weighted by molar-refractivity contribution is -0.142. The molecule has 1 nitrogen and oxygen atoms in total. The fourth-order valence-electron chi connectivity index (χ4n) is 4.75. The first-order valence-electron chi connectivity index (χ1n) is 7.55. The van der Waals surface area contributed by atoms with Gasteiger partial charge >= 0.3 is 0 Å². The van der Waals surface area contributed by atoms with Crippen molar-refractivity contribution in [2.75, 3.05) is 0 Å². The van der Waals surface area contributed by atoms with E-state index in [4.69, 9.17) is 0 Å². The third-order valence-electron chi connectivity index (χ3n) is 5.52. The van der Waals surface area contributed by atoms with E-state index >= 15 is 0 Å². The topological polar surface area (TPSA) is 17.1 Å². The molecule has 2 aliphatic carbocycles. The molecule has 0 aromatic carbocycles. The molecule has 18 heavy (non-hydrogen) atoms. The van der Waals surface area contributed by atoms with Gasteiger partial charge in [0, 0.05) is 12.3 Å². The van der Waals surface area contributed by atoms with E-state index in [1.807, 2.05) is 0 Å². The highest BCUT2D eigenvalue weighted by Gasteiger charge is 2.53. The van der Waals surface area contributed by atoms with Crippen LogP contribution < -0.4 is 0 Å². The third-order valence-corrected chi connectivity index (χ3v) is 5.52. The van der Waals surface area contributed by atoms with Gasteiger partial charge in [-0.15, -0.1) is 0 Å². The smallest absolute Gasteiger partial charge is 0.137 e. The summed E-state index contributed by atoms with van der Waals surface area (Å²) in [6, 6.07) is 0. The first kappa shape index (κ1) is 13.8. The second-order valence-electron chi connectivity index (χ2n) is 7.32. The lowest BCUT2D eigenvalue weighted by Gasteiger charge is -2.54. The highest BCUT2D eigenvalue weighted by atomic mass is 16.1. The molecule has 1 fully saturated rings. The van der Waals surface area contributed by atoms with Gasteiger partial charge in [0.1, 0.15) is 5.78 Å². The zero-order chi connectivity index (χ0) is 13.5. The zero-order valence-corrected chi connectivity index (χ0v) is 12.6.